The van der Waals surface area contributed by atoms with Crippen molar-refractivity contribution in [1.82, 2.24) is 14.2 Å². The molecule has 0 bridgehead atoms. The smallest absolute Gasteiger partial charge is 0.323 e. The lowest BCUT2D eigenvalue weighted by Crippen LogP contribution is -2.07. The molecule has 2 aromatic heterocycles. The van der Waals surface area contributed by atoms with Gasteiger partial charge < -0.3 is 9.67 Å². The molecule has 0 unspecified atom stereocenters. The van der Waals surface area contributed by atoms with Gasteiger partial charge in [0.05, 0.1) is 0 Å². The van der Waals surface area contributed by atoms with Gasteiger partial charge in [-0.1, -0.05) is 0 Å². The molecule has 2 rings (SSSR count). The molecule has 0 radical (unpaired) electrons. The topological polar surface area (TPSA) is 83.3 Å². The summed E-state index contributed by atoms with van der Waals surface area (Å²) in [5.41, 5.74) is 0.878. The van der Waals surface area contributed by atoms with Crippen LogP contribution in [0.3, 0.4) is 0 Å². The van der Waals surface area contributed by atoms with Gasteiger partial charge in [0.15, 0.2) is 5.69 Å². The van der Waals surface area contributed by atoms with Gasteiger partial charge in [-0.15, -0.1) is 0 Å². The summed E-state index contributed by atoms with van der Waals surface area (Å²) in [6.45, 7) is -0.132. The monoisotopic (exact) mass is 190 g/mol. The summed E-state index contributed by atoms with van der Waals surface area (Å²) < 4.78 is 2.98. The second-order valence-electron chi connectivity index (χ2n) is 2.76. The van der Waals surface area contributed by atoms with E-state index in [1.165, 1.54) is 9.08 Å². The number of carboxylic acid groups (broad SMARTS) is 1. The number of hydrogen-bond acceptors (Lipinski definition) is 3. The van der Waals surface area contributed by atoms with Crippen molar-refractivity contribution in [2.45, 2.75) is 6.54 Å². The molecule has 2 aromatic rings. The van der Waals surface area contributed by atoms with Crippen molar-refractivity contribution in [3.05, 3.63) is 24.2 Å². The molecule has 6 heteroatoms. The Morgan fingerprint density at radius 2 is 2.43 bits per heavy atom. The fourth-order valence-corrected chi connectivity index (χ4v) is 1.26. The molecule has 0 spiro atoms. The summed E-state index contributed by atoms with van der Waals surface area (Å²) in [5.74, 6) is -0.928. The number of rotatable bonds is 2. The van der Waals surface area contributed by atoms with Gasteiger partial charge in [-0.25, -0.2) is 4.52 Å². The Labute approximate surface area is 78.6 Å². The highest BCUT2D eigenvalue weighted by atomic mass is 16.4. The minimum Gasteiger partial charge on any atom is -0.480 e. The predicted molar refractivity (Wildman–Crippen MR) is 45.5 cm³/mol. The Morgan fingerprint density at radius 3 is 3.07 bits per heavy atom. The molecule has 70 valence electrons. The van der Waals surface area contributed by atoms with Crippen LogP contribution >= 0.6 is 0 Å². The van der Waals surface area contributed by atoms with Gasteiger partial charge in [0.1, 0.15) is 18.3 Å². The number of imidazole rings is 1. The predicted octanol–water partition coefficient (Wildman–Crippen LogP) is 0.0921. The number of hydrogen-bond donors (Lipinski definition) is 1. The molecular weight excluding hydrogens is 184 g/mol. The first-order chi connectivity index (χ1) is 6.70. The Hall–Kier alpha value is -2.29. The average Bonchev–Trinajstić information content (AvgIpc) is 2.66. The lowest BCUT2D eigenvalue weighted by Gasteiger charge is -1.95. The Bertz CT molecular complexity index is 531. The molecule has 6 nitrogen and oxygen atoms in total. The minimum atomic E-state index is -0.928. The van der Waals surface area contributed by atoms with Gasteiger partial charge in [0.25, 0.3) is 0 Å². The molecule has 0 saturated carbocycles. The van der Waals surface area contributed by atoms with Gasteiger partial charge in [-0.2, -0.15) is 10.4 Å². The number of aliphatic carboxylic acids is 1. The number of carbonyl (C=O) groups is 1. The molecule has 0 fully saturated rings. The normalized spacial score (nSPS) is 10.2. The summed E-state index contributed by atoms with van der Waals surface area (Å²) in [5, 5.41) is 21.1. The molecular formula is C8H6N4O2. The molecule has 0 amide bonds. The van der Waals surface area contributed by atoms with Crippen molar-refractivity contribution in [1.29, 1.82) is 5.26 Å². The highest BCUT2D eigenvalue weighted by molar-refractivity contribution is 5.67. The number of fused-ring (bicyclic) bond motifs is 1. The zero-order chi connectivity index (χ0) is 10.1. The van der Waals surface area contributed by atoms with E-state index in [9.17, 15) is 4.79 Å². The van der Waals surface area contributed by atoms with Crippen LogP contribution in [0.15, 0.2) is 18.5 Å². The van der Waals surface area contributed by atoms with Crippen LogP contribution in [-0.4, -0.2) is 25.3 Å². The molecule has 0 aliphatic carbocycles. The standard InChI is InChI=1S/C8H6N4O2/c9-4-6-3-7-11(5-8(13)14)1-2-12(7)10-6/h1-3H,5H2,(H,13,14). The van der Waals surface area contributed by atoms with Crippen LogP contribution in [0.4, 0.5) is 0 Å². The maximum Gasteiger partial charge on any atom is 0.323 e. The molecule has 2 heterocycles. The van der Waals surface area contributed by atoms with Crippen LogP contribution in [-0.2, 0) is 11.3 Å². The van der Waals surface area contributed by atoms with Gasteiger partial charge >= 0.3 is 5.97 Å². The first-order valence-electron chi connectivity index (χ1n) is 3.87. The molecule has 1 N–H and O–H groups in total. The van der Waals surface area contributed by atoms with E-state index in [1.54, 1.807) is 18.5 Å². The third kappa shape index (κ3) is 1.21. The maximum atomic E-state index is 10.5. The van der Waals surface area contributed by atoms with Crippen LogP contribution < -0.4 is 0 Å². The largest absolute Gasteiger partial charge is 0.480 e. The van der Waals surface area contributed by atoms with Gasteiger partial charge in [-0.05, 0) is 0 Å². The van der Waals surface area contributed by atoms with Crippen molar-refractivity contribution < 1.29 is 9.90 Å². The zero-order valence-corrected chi connectivity index (χ0v) is 7.08. The van der Waals surface area contributed by atoms with Crippen molar-refractivity contribution >= 4 is 11.6 Å². The lowest BCUT2D eigenvalue weighted by molar-refractivity contribution is -0.137. The Kier molecular flexibility index (Phi) is 1.71. The summed E-state index contributed by atoms with van der Waals surface area (Å²) in [6, 6.07) is 3.43. The first-order valence-corrected chi connectivity index (χ1v) is 3.87. The van der Waals surface area contributed by atoms with Gasteiger partial charge in [0, 0.05) is 18.5 Å². The van der Waals surface area contributed by atoms with E-state index in [0.717, 1.165) is 0 Å². The number of aromatic nitrogens is 3. The van der Waals surface area contributed by atoms with Crippen molar-refractivity contribution in [3.63, 3.8) is 0 Å². The van der Waals surface area contributed by atoms with E-state index in [2.05, 4.69) is 5.10 Å². The highest BCUT2D eigenvalue weighted by Gasteiger charge is 2.07. The van der Waals surface area contributed by atoms with Crippen LogP contribution in [0, 0.1) is 11.3 Å². The number of carboxylic acids is 1. The quantitative estimate of drug-likeness (QED) is 0.727. The van der Waals surface area contributed by atoms with Crippen molar-refractivity contribution in [3.8, 4) is 6.07 Å². The van der Waals surface area contributed by atoms with Gasteiger partial charge in [-0.3, -0.25) is 4.79 Å². The fraction of sp³-hybridized carbons (Fsp3) is 0.125. The lowest BCUT2D eigenvalue weighted by atomic mass is 10.5. The van der Waals surface area contributed by atoms with E-state index in [1.807, 2.05) is 6.07 Å². The summed E-state index contributed by atoms with van der Waals surface area (Å²) in [7, 11) is 0. The average molecular weight is 190 g/mol. The van der Waals surface area contributed by atoms with Crippen LogP contribution in [0.1, 0.15) is 5.69 Å². The molecule has 0 saturated heterocycles. The van der Waals surface area contributed by atoms with Gasteiger partial charge in [0.2, 0.25) is 0 Å². The fourth-order valence-electron chi connectivity index (χ4n) is 1.26. The van der Waals surface area contributed by atoms with Crippen LogP contribution in [0.25, 0.3) is 5.65 Å². The highest BCUT2D eigenvalue weighted by Crippen LogP contribution is 2.06. The number of nitriles is 1. The summed E-state index contributed by atoms with van der Waals surface area (Å²) in [6.07, 6.45) is 3.22. The molecule has 0 aliphatic heterocycles. The van der Waals surface area contributed by atoms with E-state index in [4.69, 9.17) is 10.4 Å². The van der Waals surface area contributed by atoms with Crippen LogP contribution in [0.5, 0.6) is 0 Å². The maximum absolute atomic E-state index is 10.5. The number of nitrogens with zero attached hydrogens (tertiary/aromatic N) is 4. The molecule has 0 aliphatic rings. The van der Waals surface area contributed by atoms with Crippen molar-refractivity contribution in [2.24, 2.45) is 0 Å². The molecule has 14 heavy (non-hydrogen) atoms. The van der Waals surface area contributed by atoms with E-state index in [-0.39, 0.29) is 12.2 Å². The third-order valence-corrected chi connectivity index (χ3v) is 1.82. The molecule has 0 aromatic carbocycles. The van der Waals surface area contributed by atoms with E-state index >= 15 is 0 Å². The second-order valence-corrected chi connectivity index (χ2v) is 2.76. The SMILES string of the molecule is N#Cc1cc2n(CC(=O)O)ccn2n1. The van der Waals surface area contributed by atoms with Crippen molar-refractivity contribution in [2.75, 3.05) is 0 Å². The molecule has 0 atom stereocenters. The van der Waals surface area contributed by atoms with E-state index in [0.29, 0.717) is 5.65 Å². The third-order valence-electron chi connectivity index (χ3n) is 1.82. The Morgan fingerprint density at radius 1 is 1.64 bits per heavy atom. The minimum absolute atomic E-state index is 0.132. The zero-order valence-electron chi connectivity index (χ0n) is 7.08. The second kappa shape index (κ2) is 2.88. The van der Waals surface area contributed by atoms with E-state index < -0.39 is 5.97 Å². The summed E-state index contributed by atoms with van der Waals surface area (Å²) >= 11 is 0. The first kappa shape index (κ1) is 8.31. The Balaban J connectivity index is 2.51. The summed E-state index contributed by atoms with van der Waals surface area (Å²) in [4.78, 5) is 10.5. The van der Waals surface area contributed by atoms with Crippen LogP contribution in [0.2, 0.25) is 0 Å².